The third kappa shape index (κ3) is 3.66. The van der Waals surface area contributed by atoms with Gasteiger partial charge in [0, 0.05) is 23.7 Å². The second-order valence-corrected chi connectivity index (χ2v) is 6.21. The Kier molecular flexibility index (Phi) is 4.89. The Hall–Kier alpha value is -1.69. The summed E-state index contributed by atoms with van der Waals surface area (Å²) in [6.07, 6.45) is 1.01. The quantitative estimate of drug-likeness (QED) is 0.873. The summed E-state index contributed by atoms with van der Waals surface area (Å²) in [5.74, 6) is -0.293. The number of anilines is 1. The molecule has 0 saturated carbocycles. The van der Waals surface area contributed by atoms with Crippen molar-refractivity contribution in [2.24, 2.45) is 0 Å². The van der Waals surface area contributed by atoms with Gasteiger partial charge in [-0.15, -0.1) is 11.8 Å². The summed E-state index contributed by atoms with van der Waals surface area (Å²) in [7, 11) is 1.49. The molecule has 1 aromatic rings. The van der Waals surface area contributed by atoms with Gasteiger partial charge in [0.1, 0.15) is 0 Å². The zero-order valence-corrected chi connectivity index (χ0v) is 12.5. The second kappa shape index (κ2) is 6.65. The number of carbonyl (C=O) groups is 2. The number of hydrogen-bond donors (Lipinski definition) is 2. The van der Waals surface area contributed by atoms with Crippen LogP contribution in [0.1, 0.15) is 13.3 Å². The van der Waals surface area contributed by atoms with Crippen LogP contribution in [0.2, 0.25) is 0 Å². The number of urea groups is 1. The highest BCUT2D eigenvalue weighted by Gasteiger charge is 2.21. The van der Waals surface area contributed by atoms with Gasteiger partial charge in [-0.25, -0.2) is 4.79 Å². The summed E-state index contributed by atoms with van der Waals surface area (Å²) in [5, 5.41) is 5.20. The van der Waals surface area contributed by atoms with E-state index < -0.39 is 6.03 Å². The van der Waals surface area contributed by atoms with Crippen molar-refractivity contribution in [3.8, 4) is 0 Å². The molecule has 2 N–H and O–H groups in total. The summed E-state index contributed by atoms with van der Waals surface area (Å²) < 4.78 is 0. The summed E-state index contributed by atoms with van der Waals surface area (Å²) in [6, 6.07) is 7.60. The third-order valence-electron chi connectivity index (χ3n) is 3.15. The van der Waals surface area contributed by atoms with Crippen LogP contribution in [-0.4, -0.2) is 37.3 Å². The molecule has 0 aromatic heterocycles. The van der Waals surface area contributed by atoms with Crippen molar-refractivity contribution in [1.82, 2.24) is 10.6 Å². The van der Waals surface area contributed by atoms with Crippen LogP contribution >= 0.6 is 11.8 Å². The zero-order valence-electron chi connectivity index (χ0n) is 11.7. The van der Waals surface area contributed by atoms with Gasteiger partial charge in [-0.3, -0.25) is 10.1 Å². The van der Waals surface area contributed by atoms with E-state index in [0.29, 0.717) is 5.25 Å². The standard InChI is InChI=1S/C14H19N3O2S/c1-10-7-8-17(9-13(18)16-14(19)15-2)11-5-3-4-6-12(11)20-10/h3-6,10H,7-9H2,1-2H3,(H2,15,16,18,19)/t10-/m1/s1. The Morgan fingerprint density at radius 1 is 1.40 bits per heavy atom. The van der Waals surface area contributed by atoms with Crippen LogP contribution in [0.4, 0.5) is 10.5 Å². The van der Waals surface area contributed by atoms with Gasteiger partial charge in [0.05, 0.1) is 12.2 Å². The third-order valence-corrected chi connectivity index (χ3v) is 4.39. The Morgan fingerprint density at radius 3 is 2.90 bits per heavy atom. The number of imide groups is 1. The van der Waals surface area contributed by atoms with Gasteiger partial charge in [-0.1, -0.05) is 19.1 Å². The number of nitrogens with one attached hydrogen (secondary N) is 2. The van der Waals surface area contributed by atoms with E-state index in [4.69, 9.17) is 0 Å². The van der Waals surface area contributed by atoms with Gasteiger partial charge in [-0.05, 0) is 18.6 Å². The fraction of sp³-hybridized carbons (Fsp3) is 0.429. The predicted octanol–water partition coefficient (Wildman–Crippen LogP) is 1.83. The maximum absolute atomic E-state index is 11.9. The summed E-state index contributed by atoms with van der Waals surface area (Å²) in [6.45, 7) is 3.19. The van der Waals surface area contributed by atoms with Crippen molar-refractivity contribution in [1.29, 1.82) is 0 Å². The van der Waals surface area contributed by atoms with Crippen LogP contribution in [0.5, 0.6) is 0 Å². The Balaban J connectivity index is 2.11. The molecule has 0 radical (unpaired) electrons. The van der Waals surface area contributed by atoms with E-state index in [1.54, 1.807) is 0 Å². The lowest BCUT2D eigenvalue weighted by atomic mass is 10.2. The molecule has 0 saturated heterocycles. The predicted molar refractivity (Wildman–Crippen MR) is 81.2 cm³/mol. The van der Waals surface area contributed by atoms with Crippen LogP contribution in [0.25, 0.3) is 0 Å². The first-order chi connectivity index (χ1) is 9.60. The molecule has 108 valence electrons. The van der Waals surface area contributed by atoms with Crippen LogP contribution < -0.4 is 15.5 Å². The lowest BCUT2D eigenvalue weighted by Crippen LogP contribution is -2.43. The van der Waals surface area contributed by atoms with Crippen LogP contribution in [-0.2, 0) is 4.79 Å². The van der Waals surface area contributed by atoms with Gasteiger partial charge in [0.15, 0.2) is 0 Å². The lowest BCUT2D eigenvalue weighted by Gasteiger charge is -2.23. The molecular formula is C14H19N3O2S. The number of para-hydroxylation sites is 1. The van der Waals surface area contributed by atoms with Crippen molar-refractivity contribution < 1.29 is 9.59 Å². The molecule has 0 fully saturated rings. The molecule has 0 spiro atoms. The second-order valence-electron chi connectivity index (χ2n) is 4.73. The van der Waals surface area contributed by atoms with Gasteiger partial charge >= 0.3 is 6.03 Å². The van der Waals surface area contributed by atoms with E-state index in [1.165, 1.54) is 11.9 Å². The van der Waals surface area contributed by atoms with E-state index in [-0.39, 0.29) is 12.5 Å². The monoisotopic (exact) mass is 293 g/mol. The van der Waals surface area contributed by atoms with Crippen molar-refractivity contribution in [3.63, 3.8) is 0 Å². The highest BCUT2D eigenvalue weighted by molar-refractivity contribution is 8.00. The number of rotatable bonds is 2. The molecule has 1 atom stereocenters. The average Bonchev–Trinajstić information content (AvgIpc) is 2.58. The summed E-state index contributed by atoms with van der Waals surface area (Å²) >= 11 is 1.83. The molecule has 5 nitrogen and oxygen atoms in total. The minimum Gasteiger partial charge on any atom is -0.361 e. The van der Waals surface area contributed by atoms with Gasteiger partial charge < -0.3 is 10.2 Å². The Morgan fingerprint density at radius 2 is 2.15 bits per heavy atom. The maximum Gasteiger partial charge on any atom is 0.321 e. The van der Waals surface area contributed by atoms with E-state index >= 15 is 0 Å². The van der Waals surface area contributed by atoms with Crippen LogP contribution in [0.3, 0.4) is 0 Å². The van der Waals surface area contributed by atoms with Gasteiger partial charge in [0.25, 0.3) is 0 Å². The Bertz CT molecular complexity index is 507. The first kappa shape index (κ1) is 14.7. The molecule has 6 heteroatoms. The number of thioether (sulfide) groups is 1. The summed E-state index contributed by atoms with van der Waals surface area (Å²) in [4.78, 5) is 26.2. The number of amides is 3. The molecule has 1 aromatic carbocycles. The van der Waals surface area contributed by atoms with Crippen molar-refractivity contribution in [2.45, 2.75) is 23.5 Å². The minimum atomic E-state index is -0.471. The molecule has 1 heterocycles. The van der Waals surface area contributed by atoms with Crippen molar-refractivity contribution in [3.05, 3.63) is 24.3 Å². The SMILES string of the molecule is CNC(=O)NC(=O)CN1CC[C@@H](C)Sc2ccccc21. The number of nitrogens with zero attached hydrogens (tertiary/aromatic N) is 1. The van der Waals surface area contributed by atoms with Gasteiger partial charge in [0.2, 0.25) is 5.91 Å². The Labute approximate surface area is 123 Å². The zero-order chi connectivity index (χ0) is 14.5. The largest absolute Gasteiger partial charge is 0.361 e. The minimum absolute atomic E-state index is 0.192. The van der Waals surface area contributed by atoms with Crippen molar-refractivity contribution >= 4 is 29.4 Å². The molecule has 1 aliphatic heterocycles. The fourth-order valence-corrected chi connectivity index (χ4v) is 3.25. The molecule has 1 aliphatic rings. The average molecular weight is 293 g/mol. The number of carbonyl (C=O) groups excluding carboxylic acids is 2. The molecule has 20 heavy (non-hydrogen) atoms. The normalized spacial score (nSPS) is 17.9. The highest BCUT2D eigenvalue weighted by Crippen LogP contribution is 2.36. The van der Waals surface area contributed by atoms with Crippen LogP contribution in [0, 0.1) is 0 Å². The molecule has 2 rings (SSSR count). The number of fused-ring (bicyclic) bond motifs is 1. The summed E-state index contributed by atoms with van der Waals surface area (Å²) in [5.41, 5.74) is 1.06. The maximum atomic E-state index is 11.9. The molecule has 0 aliphatic carbocycles. The topological polar surface area (TPSA) is 61.4 Å². The van der Waals surface area contributed by atoms with Crippen LogP contribution in [0.15, 0.2) is 29.2 Å². The molecule has 0 unspecified atom stereocenters. The number of benzene rings is 1. The van der Waals surface area contributed by atoms with E-state index in [9.17, 15) is 9.59 Å². The molecule has 3 amide bonds. The van der Waals surface area contributed by atoms with E-state index in [2.05, 4.69) is 23.6 Å². The van der Waals surface area contributed by atoms with Gasteiger partial charge in [-0.2, -0.15) is 0 Å². The smallest absolute Gasteiger partial charge is 0.321 e. The molecular weight excluding hydrogens is 274 g/mol. The first-order valence-corrected chi connectivity index (χ1v) is 7.50. The number of hydrogen-bond acceptors (Lipinski definition) is 4. The highest BCUT2D eigenvalue weighted by atomic mass is 32.2. The van der Waals surface area contributed by atoms with E-state index in [1.807, 2.05) is 34.9 Å². The van der Waals surface area contributed by atoms with Crippen molar-refractivity contribution in [2.75, 3.05) is 25.0 Å². The lowest BCUT2D eigenvalue weighted by molar-refractivity contribution is -0.118. The fourth-order valence-electron chi connectivity index (χ4n) is 2.12. The molecule has 0 bridgehead atoms. The first-order valence-electron chi connectivity index (χ1n) is 6.62. The van der Waals surface area contributed by atoms with E-state index in [0.717, 1.165) is 18.7 Å².